The topological polar surface area (TPSA) is 79.8 Å². The summed E-state index contributed by atoms with van der Waals surface area (Å²) in [4.78, 5) is 25.2. The number of rotatable bonds is 6. The van der Waals surface area contributed by atoms with E-state index in [1.165, 1.54) is 0 Å². The first-order chi connectivity index (χ1) is 12.2. The van der Waals surface area contributed by atoms with Crippen molar-refractivity contribution >= 4 is 11.9 Å². The molecule has 3 aromatic rings. The number of hydrogen-bond acceptors (Lipinski definition) is 5. The molecule has 0 unspecified atom stereocenters. The van der Waals surface area contributed by atoms with Crippen molar-refractivity contribution in [2.45, 2.75) is 20.0 Å². The van der Waals surface area contributed by atoms with Gasteiger partial charge in [0.15, 0.2) is 0 Å². The molecule has 6 nitrogen and oxygen atoms in total. The first-order valence-corrected chi connectivity index (χ1v) is 8.02. The molecule has 126 valence electrons. The molecule has 0 atom stereocenters. The van der Waals surface area contributed by atoms with E-state index in [4.69, 9.17) is 0 Å². The van der Waals surface area contributed by atoms with Crippen LogP contribution in [-0.4, -0.2) is 20.9 Å². The fraction of sp³-hybridized carbons (Fsp3) is 0.158. The molecule has 2 heterocycles. The van der Waals surface area contributed by atoms with Crippen LogP contribution in [0.15, 0.2) is 60.8 Å². The van der Waals surface area contributed by atoms with E-state index in [-0.39, 0.29) is 5.91 Å². The second-order valence-electron chi connectivity index (χ2n) is 5.56. The van der Waals surface area contributed by atoms with Gasteiger partial charge in [-0.3, -0.25) is 9.78 Å². The van der Waals surface area contributed by atoms with E-state index >= 15 is 0 Å². The lowest BCUT2D eigenvalue weighted by molar-refractivity contribution is 0.0945. The van der Waals surface area contributed by atoms with Crippen LogP contribution in [0.3, 0.4) is 0 Å². The molecule has 25 heavy (non-hydrogen) atoms. The Balaban J connectivity index is 1.65. The molecule has 0 aliphatic carbocycles. The summed E-state index contributed by atoms with van der Waals surface area (Å²) in [6, 6.07) is 17.2. The van der Waals surface area contributed by atoms with Crippen LogP contribution in [0.25, 0.3) is 0 Å². The number of anilines is 1. The lowest BCUT2D eigenvalue weighted by Crippen LogP contribution is -2.25. The maximum Gasteiger partial charge on any atom is 0.270 e. The Labute approximate surface area is 146 Å². The third-order valence-corrected chi connectivity index (χ3v) is 3.54. The standard InChI is InChI=1S/C19H19N5O/c1-14-11-17(18(25)21-13-16-9-5-6-10-20-16)24-19(23-14)22-12-15-7-3-2-4-8-15/h2-11H,12-13H2,1H3,(H,21,25)(H,22,23,24). The van der Waals surface area contributed by atoms with E-state index < -0.39 is 0 Å². The van der Waals surface area contributed by atoms with E-state index in [1.807, 2.05) is 55.5 Å². The summed E-state index contributed by atoms with van der Waals surface area (Å²) < 4.78 is 0. The number of amides is 1. The van der Waals surface area contributed by atoms with Crippen molar-refractivity contribution in [2.24, 2.45) is 0 Å². The second kappa shape index (κ2) is 8.01. The minimum absolute atomic E-state index is 0.251. The summed E-state index contributed by atoms with van der Waals surface area (Å²) in [7, 11) is 0. The number of pyridine rings is 1. The second-order valence-corrected chi connectivity index (χ2v) is 5.56. The smallest absolute Gasteiger partial charge is 0.270 e. The van der Waals surface area contributed by atoms with E-state index in [0.29, 0.717) is 24.7 Å². The van der Waals surface area contributed by atoms with E-state index in [9.17, 15) is 4.79 Å². The third kappa shape index (κ3) is 4.84. The molecule has 0 fully saturated rings. The lowest BCUT2D eigenvalue weighted by Gasteiger charge is -2.09. The Morgan fingerprint density at radius 1 is 1.00 bits per heavy atom. The van der Waals surface area contributed by atoms with Crippen LogP contribution in [0.4, 0.5) is 5.95 Å². The highest BCUT2D eigenvalue weighted by Gasteiger charge is 2.10. The van der Waals surface area contributed by atoms with E-state index in [1.54, 1.807) is 12.3 Å². The van der Waals surface area contributed by atoms with Gasteiger partial charge in [-0.05, 0) is 30.7 Å². The van der Waals surface area contributed by atoms with Gasteiger partial charge in [-0.1, -0.05) is 36.4 Å². The minimum Gasteiger partial charge on any atom is -0.350 e. The molecule has 0 aliphatic rings. The van der Waals surface area contributed by atoms with Gasteiger partial charge in [0.25, 0.3) is 5.91 Å². The van der Waals surface area contributed by atoms with Gasteiger partial charge in [-0.15, -0.1) is 0 Å². The molecule has 1 amide bonds. The largest absolute Gasteiger partial charge is 0.350 e. The summed E-state index contributed by atoms with van der Waals surface area (Å²) in [6.07, 6.45) is 1.70. The number of aromatic nitrogens is 3. The van der Waals surface area contributed by atoms with Gasteiger partial charge in [0, 0.05) is 18.4 Å². The number of carbonyl (C=O) groups excluding carboxylic acids is 1. The van der Waals surface area contributed by atoms with Crippen LogP contribution in [-0.2, 0) is 13.1 Å². The van der Waals surface area contributed by atoms with Gasteiger partial charge in [-0.2, -0.15) is 0 Å². The maximum absolute atomic E-state index is 12.3. The van der Waals surface area contributed by atoms with Crippen molar-refractivity contribution in [1.82, 2.24) is 20.3 Å². The molecule has 2 N–H and O–H groups in total. The summed E-state index contributed by atoms with van der Waals surface area (Å²) in [5.74, 6) is 0.186. The predicted octanol–water partition coefficient (Wildman–Crippen LogP) is 2.72. The number of hydrogen-bond donors (Lipinski definition) is 2. The molecule has 0 radical (unpaired) electrons. The van der Waals surface area contributed by atoms with Crippen molar-refractivity contribution in [3.63, 3.8) is 0 Å². The SMILES string of the molecule is Cc1cc(C(=O)NCc2ccccn2)nc(NCc2ccccc2)n1. The summed E-state index contributed by atoms with van der Waals surface area (Å²) in [6.45, 7) is 2.79. The van der Waals surface area contributed by atoms with Gasteiger partial charge in [0.05, 0.1) is 12.2 Å². The monoisotopic (exact) mass is 333 g/mol. The van der Waals surface area contributed by atoms with Crippen molar-refractivity contribution in [3.8, 4) is 0 Å². The number of carbonyl (C=O) groups is 1. The molecule has 0 saturated heterocycles. The molecule has 3 rings (SSSR count). The third-order valence-electron chi connectivity index (χ3n) is 3.54. The number of nitrogens with one attached hydrogen (secondary N) is 2. The first-order valence-electron chi connectivity index (χ1n) is 8.02. The molecule has 0 bridgehead atoms. The van der Waals surface area contributed by atoms with Gasteiger partial charge < -0.3 is 10.6 Å². The number of benzene rings is 1. The van der Waals surface area contributed by atoms with E-state index in [2.05, 4.69) is 25.6 Å². The van der Waals surface area contributed by atoms with Crippen molar-refractivity contribution < 1.29 is 4.79 Å². The minimum atomic E-state index is -0.251. The maximum atomic E-state index is 12.3. The molecular weight excluding hydrogens is 314 g/mol. The zero-order valence-electron chi connectivity index (χ0n) is 13.9. The van der Waals surface area contributed by atoms with Gasteiger partial charge in [0.2, 0.25) is 5.95 Å². The highest BCUT2D eigenvalue weighted by molar-refractivity contribution is 5.92. The fourth-order valence-electron chi connectivity index (χ4n) is 2.30. The van der Waals surface area contributed by atoms with Crippen LogP contribution in [0.1, 0.15) is 27.4 Å². The van der Waals surface area contributed by atoms with Gasteiger partial charge in [0.1, 0.15) is 5.69 Å². The van der Waals surface area contributed by atoms with E-state index in [0.717, 1.165) is 17.0 Å². The van der Waals surface area contributed by atoms with Crippen LogP contribution >= 0.6 is 0 Å². The predicted molar refractivity (Wildman–Crippen MR) is 95.9 cm³/mol. The van der Waals surface area contributed by atoms with Crippen molar-refractivity contribution in [1.29, 1.82) is 0 Å². The van der Waals surface area contributed by atoms with Crippen LogP contribution in [0, 0.1) is 6.92 Å². The van der Waals surface area contributed by atoms with Crippen LogP contribution in [0.2, 0.25) is 0 Å². The fourth-order valence-corrected chi connectivity index (χ4v) is 2.30. The van der Waals surface area contributed by atoms with Crippen molar-refractivity contribution in [3.05, 3.63) is 83.4 Å². The zero-order valence-corrected chi connectivity index (χ0v) is 13.9. The zero-order chi connectivity index (χ0) is 17.5. The Bertz CT molecular complexity index is 837. The molecule has 0 spiro atoms. The first kappa shape index (κ1) is 16.6. The molecule has 1 aromatic carbocycles. The average molecular weight is 333 g/mol. The highest BCUT2D eigenvalue weighted by atomic mass is 16.1. The molecule has 0 saturated carbocycles. The Morgan fingerprint density at radius 2 is 1.80 bits per heavy atom. The molecule has 2 aromatic heterocycles. The Morgan fingerprint density at radius 3 is 2.56 bits per heavy atom. The summed E-state index contributed by atoms with van der Waals surface area (Å²) >= 11 is 0. The quantitative estimate of drug-likeness (QED) is 0.725. The van der Waals surface area contributed by atoms with Crippen LogP contribution < -0.4 is 10.6 Å². The van der Waals surface area contributed by atoms with Gasteiger partial charge >= 0.3 is 0 Å². The Kier molecular flexibility index (Phi) is 5.31. The molecular formula is C19H19N5O. The van der Waals surface area contributed by atoms with Gasteiger partial charge in [-0.25, -0.2) is 9.97 Å². The normalized spacial score (nSPS) is 10.3. The Hall–Kier alpha value is -3.28. The number of aryl methyl sites for hydroxylation is 1. The van der Waals surface area contributed by atoms with Crippen LogP contribution in [0.5, 0.6) is 0 Å². The molecule has 0 aliphatic heterocycles. The lowest BCUT2D eigenvalue weighted by atomic mass is 10.2. The average Bonchev–Trinajstić information content (AvgIpc) is 2.66. The molecule has 6 heteroatoms. The summed E-state index contributed by atoms with van der Waals surface area (Å²) in [5.41, 5.74) is 2.98. The summed E-state index contributed by atoms with van der Waals surface area (Å²) in [5, 5.41) is 5.98. The number of nitrogens with zero attached hydrogens (tertiary/aromatic N) is 3. The highest BCUT2D eigenvalue weighted by Crippen LogP contribution is 2.08. The van der Waals surface area contributed by atoms with Crippen molar-refractivity contribution in [2.75, 3.05) is 5.32 Å².